The molecule has 6 atom stereocenters. The van der Waals surface area contributed by atoms with Crippen LogP contribution in [0.4, 0.5) is 0 Å². The molecule has 4 saturated heterocycles. The summed E-state index contributed by atoms with van der Waals surface area (Å²) in [5.74, 6) is 1.18. The van der Waals surface area contributed by atoms with Gasteiger partial charge in [0.15, 0.2) is 12.6 Å². The molecule has 0 aromatic carbocycles. The van der Waals surface area contributed by atoms with Crippen LogP contribution < -0.4 is 0 Å². The number of fused-ring (bicyclic) bond motifs is 2. The fourth-order valence-corrected chi connectivity index (χ4v) is 5.91. The molecule has 4 heterocycles. The second-order valence-corrected chi connectivity index (χ2v) is 10.8. The maximum Gasteiger partial charge on any atom is 0.160 e. The minimum absolute atomic E-state index is 0.00644. The van der Waals surface area contributed by atoms with E-state index in [1.54, 1.807) is 0 Å². The van der Waals surface area contributed by atoms with Gasteiger partial charge in [-0.15, -0.1) is 0 Å². The SMILES string of the molecule is CC.CC.CC12CCC(C3OCC(COC4COC(C5CCC6(C)OC6C5)OC4)CO3)CC1O2. The molecule has 0 aromatic heterocycles. The van der Waals surface area contributed by atoms with Crippen LogP contribution in [0, 0.1) is 17.8 Å². The Morgan fingerprint density at radius 1 is 0.676 bits per heavy atom. The topological polar surface area (TPSA) is 71.2 Å². The van der Waals surface area contributed by atoms with Crippen molar-refractivity contribution in [3.63, 3.8) is 0 Å². The molecular weight excluding hydrogens is 436 g/mol. The molecule has 0 radical (unpaired) electrons. The highest BCUT2D eigenvalue weighted by atomic mass is 16.7. The molecule has 7 heteroatoms. The Labute approximate surface area is 206 Å². The summed E-state index contributed by atoms with van der Waals surface area (Å²) in [6, 6.07) is 0. The molecule has 4 aliphatic heterocycles. The average molecular weight is 485 g/mol. The van der Waals surface area contributed by atoms with Crippen LogP contribution in [0.1, 0.15) is 80.1 Å². The third-order valence-electron chi connectivity index (χ3n) is 8.35. The van der Waals surface area contributed by atoms with Crippen LogP contribution in [0.2, 0.25) is 0 Å². The van der Waals surface area contributed by atoms with E-state index in [4.69, 9.17) is 33.2 Å². The van der Waals surface area contributed by atoms with E-state index in [-0.39, 0.29) is 35.8 Å². The summed E-state index contributed by atoms with van der Waals surface area (Å²) in [4.78, 5) is 0. The van der Waals surface area contributed by atoms with Crippen molar-refractivity contribution < 1.29 is 33.2 Å². The molecule has 6 unspecified atom stereocenters. The summed E-state index contributed by atoms with van der Waals surface area (Å²) < 4.78 is 41.8. The van der Waals surface area contributed by atoms with Gasteiger partial charge in [-0.1, -0.05) is 27.7 Å². The van der Waals surface area contributed by atoms with E-state index in [1.807, 2.05) is 27.7 Å². The Bertz CT molecular complexity index is 576. The third kappa shape index (κ3) is 5.99. The lowest BCUT2D eigenvalue weighted by molar-refractivity contribution is -0.261. The molecule has 6 aliphatic rings. The minimum Gasteiger partial charge on any atom is -0.373 e. The second-order valence-electron chi connectivity index (χ2n) is 10.8. The van der Waals surface area contributed by atoms with Gasteiger partial charge in [-0.2, -0.15) is 0 Å². The molecule has 2 saturated carbocycles. The lowest BCUT2D eigenvalue weighted by Gasteiger charge is -2.37. The summed E-state index contributed by atoms with van der Waals surface area (Å²) in [5.41, 5.74) is 0.289. The number of ether oxygens (including phenoxy) is 7. The van der Waals surface area contributed by atoms with Gasteiger partial charge < -0.3 is 33.2 Å². The molecule has 2 aliphatic carbocycles. The van der Waals surface area contributed by atoms with Crippen molar-refractivity contribution in [1.82, 2.24) is 0 Å². The van der Waals surface area contributed by atoms with Crippen molar-refractivity contribution in [2.75, 3.05) is 33.0 Å². The van der Waals surface area contributed by atoms with Crippen molar-refractivity contribution in [1.29, 1.82) is 0 Å². The number of rotatable bonds is 5. The first-order valence-corrected chi connectivity index (χ1v) is 13.9. The van der Waals surface area contributed by atoms with Crippen LogP contribution in [-0.2, 0) is 33.2 Å². The van der Waals surface area contributed by atoms with Crippen LogP contribution in [0.15, 0.2) is 0 Å². The van der Waals surface area contributed by atoms with E-state index in [9.17, 15) is 0 Å². The highest BCUT2D eigenvalue weighted by molar-refractivity contribution is 5.05. The molecule has 6 rings (SSSR count). The van der Waals surface area contributed by atoms with Crippen LogP contribution in [0.3, 0.4) is 0 Å². The molecular formula is C27H48O7. The van der Waals surface area contributed by atoms with Crippen LogP contribution >= 0.6 is 0 Å². The van der Waals surface area contributed by atoms with E-state index in [1.165, 1.54) is 0 Å². The van der Waals surface area contributed by atoms with Gasteiger partial charge in [-0.25, -0.2) is 0 Å². The molecule has 7 nitrogen and oxygen atoms in total. The highest BCUT2D eigenvalue weighted by Gasteiger charge is 2.57. The third-order valence-corrected chi connectivity index (χ3v) is 8.35. The Hall–Kier alpha value is -0.280. The van der Waals surface area contributed by atoms with Gasteiger partial charge in [-0.05, 0) is 52.4 Å². The van der Waals surface area contributed by atoms with Gasteiger partial charge in [0.2, 0.25) is 0 Å². The van der Waals surface area contributed by atoms with Crippen LogP contribution in [0.5, 0.6) is 0 Å². The zero-order valence-corrected chi connectivity index (χ0v) is 22.3. The maximum atomic E-state index is 6.07. The zero-order chi connectivity index (χ0) is 24.3. The van der Waals surface area contributed by atoms with Crippen molar-refractivity contribution in [2.45, 2.75) is 122 Å². The van der Waals surface area contributed by atoms with Crippen molar-refractivity contribution in [3.05, 3.63) is 0 Å². The highest BCUT2D eigenvalue weighted by Crippen LogP contribution is 2.51. The molecule has 0 amide bonds. The average Bonchev–Trinajstić information content (AvgIpc) is 3.77. The zero-order valence-electron chi connectivity index (χ0n) is 22.3. The Morgan fingerprint density at radius 3 is 1.56 bits per heavy atom. The van der Waals surface area contributed by atoms with Crippen LogP contribution in [-0.4, -0.2) is 75.1 Å². The number of epoxide rings is 2. The standard InChI is InChI=1S/C23H36O7.2C2H6/c1-22-5-3-15(7-18(22)29-22)20-25-10-14(11-26-20)9-24-17-12-27-21(28-13-17)16-4-6-23(2)19(8-16)30-23;2*1-2/h14-21H,3-13H2,1-2H3;2*1-2H3. The second kappa shape index (κ2) is 11.4. The largest absolute Gasteiger partial charge is 0.373 e. The summed E-state index contributed by atoms with van der Waals surface area (Å²) >= 11 is 0. The van der Waals surface area contributed by atoms with Gasteiger partial charge in [0, 0.05) is 17.8 Å². The van der Waals surface area contributed by atoms with Crippen molar-refractivity contribution >= 4 is 0 Å². The van der Waals surface area contributed by atoms with E-state index >= 15 is 0 Å². The van der Waals surface area contributed by atoms with Gasteiger partial charge in [-0.3, -0.25) is 0 Å². The molecule has 198 valence electrons. The van der Waals surface area contributed by atoms with Crippen molar-refractivity contribution in [3.8, 4) is 0 Å². The summed E-state index contributed by atoms with van der Waals surface area (Å²) in [5, 5.41) is 0. The summed E-state index contributed by atoms with van der Waals surface area (Å²) in [6.45, 7) is 15.7. The normalized spacial score (nSPS) is 49.2. The molecule has 0 N–H and O–H groups in total. The quantitative estimate of drug-likeness (QED) is 0.524. The summed E-state index contributed by atoms with van der Waals surface area (Å²) in [7, 11) is 0. The first-order chi connectivity index (χ1) is 16.5. The minimum atomic E-state index is -0.103. The molecule has 0 aromatic rings. The van der Waals surface area contributed by atoms with Crippen LogP contribution in [0.25, 0.3) is 0 Å². The Balaban J connectivity index is 0.000000652. The van der Waals surface area contributed by atoms with Gasteiger partial charge in [0.05, 0.1) is 56.4 Å². The predicted molar refractivity (Wildman–Crippen MR) is 129 cm³/mol. The molecule has 0 bridgehead atoms. The van der Waals surface area contributed by atoms with E-state index < -0.39 is 0 Å². The molecule has 0 spiro atoms. The number of hydrogen-bond donors (Lipinski definition) is 0. The van der Waals surface area contributed by atoms with Gasteiger partial charge in [0.25, 0.3) is 0 Å². The van der Waals surface area contributed by atoms with Gasteiger partial charge >= 0.3 is 0 Å². The Kier molecular flexibility index (Phi) is 8.98. The fourth-order valence-electron chi connectivity index (χ4n) is 5.91. The van der Waals surface area contributed by atoms with E-state index in [2.05, 4.69) is 13.8 Å². The molecule has 6 fully saturated rings. The summed E-state index contributed by atoms with van der Waals surface area (Å²) in [6.07, 6.45) is 7.23. The first-order valence-electron chi connectivity index (χ1n) is 13.9. The lowest BCUT2D eigenvalue weighted by Crippen LogP contribution is -2.44. The monoisotopic (exact) mass is 484 g/mol. The smallest absolute Gasteiger partial charge is 0.160 e. The van der Waals surface area contributed by atoms with E-state index in [0.29, 0.717) is 57.1 Å². The fraction of sp³-hybridized carbons (Fsp3) is 1.00. The maximum absolute atomic E-state index is 6.07. The van der Waals surface area contributed by atoms with E-state index in [0.717, 1.165) is 38.5 Å². The number of hydrogen-bond acceptors (Lipinski definition) is 7. The molecule has 34 heavy (non-hydrogen) atoms. The Morgan fingerprint density at radius 2 is 1.12 bits per heavy atom. The van der Waals surface area contributed by atoms with Crippen molar-refractivity contribution in [2.24, 2.45) is 17.8 Å². The lowest BCUT2D eigenvalue weighted by atomic mass is 9.82. The first kappa shape index (κ1) is 26.8. The van der Waals surface area contributed by atoms with Gasteiger partial charge in [0.1, 0.15) is 6.10 Å². The predicted octanol–water partition coefficient (Wildman–Crippen LogP) is 4.70.